The number of sulfonamides is 1. The van der Waals surface area contributed by atoms with Crippen molar-refractivity contribution in [2.75, 3.05) is 39.3 Å². The van der Waals surface area contributed by atoms with E-state index in [1.165, 1.54) is 17.7 Å². The minimum Gasteiger partial charge on any atom is -0.337 e. The van der Waals surface area contributed by atoms with Crippen LogP contribution in [0.5, 0.6) is 0 Å². The molecule has 4 heterocycles. The molecule has 0 saturated carbocycles. The number of nitrogens with zero attached hydrogens (tertiary/aromatic N) is 4. The molecule has 3 fully saturated rings. The van der Waals surface area contributed by atoms with Gasteiger partial charge in [0.15, 0.2) is 0 Å². The summed E-state index contributed by atoms with van der Waals surface area (Å²) in [5.41, 5.74) is 0. The fourth-order valence-electron chi connectivity index (χ4n) is 6.17. The number of carbonyl (C=O) groups excluding carboxylic acids is 3. The van der Waals surface area contributed by atoms with Crippen molar-refractivity contribution in [3.63, 3.8) is 0 Å². The van der Waals surface area contributed by atoms with Gasteiger partial charge in [-0.15, -0.1) is 11.3 Å². The number of hydrogen-bond donors (Lipinski definition) is 0. The van der Waals surface area contributed by atoms with Gasteiger partial charge >= 0.3 is 0 Å². The first kappa shape index (κ1) is 29.4. The Balaban J connectivity index is 1.35. The zero-order chi connectivity index (χ0) is 28.6. The first-order valence-electron chi connectivity index (χ1n) is 14.2. The van der Waals surface area contributed by atoms with Gasteiger partial charge in [-0.1, -0.05) is 18.5 Å². The van der Waals surface area contributed by atoms with E-state index in [1.807, 2.05) is 4.90 Å². The fourth-order valence-corrected chi connectivity index (χ4v) is 9.46. The first-order chi connectivity index (χ1) is 19.1. The second-order valence-electron chi connectivity index (χ2n) is 11.0. The first-order valence-corrected chi connectivity index (χ1v) is 16.8. The van der Waals surface area contributed by atoms with Crippen LogP contribution in [-0.4, -0.2) is 102 Å². The molecule has 2 amide bonds. The normalized spacial score (nSPS) is 23.1. The van der Waals surface area contributed by atoms with Crippen molar-refractivity contribution in [1.82, 2.24) is 19.0 Å². The Morgan fingerprint density at radius 3 is 2.58 bits per heavy atom. The number of benzene rings is 1. The number of hydrogen-bond acceptors (Lipinski definition) is 7. The van der Waals surface area contributed by atoms with E-state index < -0.39 is 28.0 Å². The maximum absolute atomic E-state index is 13.9. The molecule has 3 aliphatic heterocycles. The number of amides is 2. The van der Waals surface area contributed by atoms with E-state index in [0.717, 1.165) is 52.8 Å². The average molecular weight is 609 g/mol. The Bertz CT molecular complexity index is 1390. The molecule has 3 aliphatic rings. The summed E-state index contributed by atoms with van der Waals surface area (Å²) in [4.78, 5) is 45.8. The highest BCUT2D eigenvalue weighted by Crippen LogP contribution is 2.35. The van der Waals surface area contributed by atoms with Gasteiger partial charge in [0.2, 0.25) is 11.8 Å². The second kappa shape index (κ2) is 12.1. The zero-order valence-corrected chi connectivity index (χ0v) is 25.4. The summed E-state index contributed by atoms with van der Waals surface area (Å²) in [5, 5.41) is 1.18. The summed E-state index contributed by atoms with van der Waals surface area (Å²) >= 11 is 7.19. The molecule has 3 saturated heterocycles. The van der Waals surface area contributed by atoms with Crippen LogP contribution in [0.2, 0.25) is 5.02 Å². The predicted octanol–water partition coefficient (Wildman–Crippen LogP) is 3.60. The number of fused-ring (bicyclic) bond motifs is 1. The highest BCUT2D eigenvalue weighted by Gasteiger charge is 2.46. The minimum atomic E-state index is -4.16. The minimum absolute atomic E-state index is 0.0610. The third kappa shape index (κ3) is 5.81. The molecule has 0 radical (unpaired) electrons. The van der Waals surface area contributed by atoms with Crippen LogP contribution in [0.1, 0.15) is 52.4 Å². The van der Waals surface area contributed by atoms with Crippen molar-refractivity contribution < 1.29 is 22.8 Å². The van der Waals surface area contributed by atoms with Crippen LogP contribution in [0.3, 0.4) is 0 Å². The number of thiophene rings is 1. The quantitative estimate of drug-likeness (QED) is 0.409. The molecular formula is C28H37ClN4O5S2. The van der Waals surface area contributed by atoms with Gasteiger partial charge in [-0.2, -0.15) is 4.31 Å². The lowest BCUT2D eigenvalue weighted by Gasteiger charge is -2.33. The number of ketones is 1. The van der Waals surface area contributed by atoms with Crippen LogP contribution in [0.15, 0.2) is 28.5 Å². The molecule has 2 aromatic rings. The molecule has 218 valence electrons. The van der Waals surface area contributed by atoms with Crippen molar-refractivity contribution >= 4 is 60.6 Å². The smallest absolute Gasteiger partial charge is 0.253 e. The molecular weight excluding hydrogens is 572 g/mol. The molecule has 0 N–H and O–H groups in total. The fraction of sp³-hybridized carbons (Fsp3) is 0.607. The van der Waals surface area contributed by atoms with Gasteiger partial charge in [0.05, 0.1) is 6.54 Å². The van der Waals surface area contributed by atoms with E-state index in [2.05, 4.69) is 4.90 Å². The van der Waals surface area contributed by atoms with Crippen molar-refractivity contribution in [3.8, 4) is 0 Å². The Morgan fingerprint density at radius 2 is 1.85 bits per heavy atom. The maximum Gasteiger partial charge on any atom is 0.253 e. The number of halogens is 1. The lowest BCUT2D eigenvalue weighted by Crippen LogP contribution is -2.53. The predicted molar refractivity (Wildman–Crippen MR) is 156 cm³/mol. The van der Waals surface area contributed by atoms with Crippen LogP contribution in [0, 0.1) is 0 Å². The van der Waals surface area contributed by atoms with E-state index in [0.29, 0.717) is 17.0 Å². The molecule has 0 aliphatic carbocycles. The highest BCUT2D eigenvalue weighted by molar-refractivity contribution is 7.91. The SMILES string of the molecule is CCC(=O)CN(C1CCN(C(C)C(=O)N2CCCC2CN2CCCC2)C1=O)S(=O)(=O)c1cc2cc(Cl)ccc2s1. The third-order valence-electron chi connectivity index (χ3n) is 8.46. The molecule has 0 spiro atoms. The third-order valence-corrected chi connectivity index (χ3v) is 12.1. The Kier molecular flexibility index (Phi) is 8.87. The molecule has 3 atom stereocenters. The van der Waals surface area contributed by atoms with Crippen LogP contribution >= 0.6 is 22.9 Å². The summed E-state index contributed by atoms with van der Waals surface area (Å²) < 4.78 is 29.7. The van der Waals surface area contributed by atoms with Gasteiger partial charge in [-0.05, 0) is 81.8 Å². The summed E-state index contributed by atoms with van der Waals surface area (Å²) in [6, 6.07) is 5.09. The van der Waals surface area contributed by atoms with E-state index in [-0.39, 0.29) is 47.9 Å². The molecule has 1 aromatic carbocycles. The zero-order valence-electron chi connectivity index (χ0n) is 23.1. The summed E-state index contributed by atoms with van der Waals surface area (Å²) in [7, 11) is -4.16. The maximum atomic E-state index is 13.9. The van der Waals surface area contributed by atoms with E-state index >= 15 is 0 Å². The molecule has 1 aromatic heterocycles. The number of rotatable bonds is 10. The van der Waals surface area contributed by atoms with Crippen molar-refractivity contribution in [1.29, 1.82) is 0 Å². The van der Waals surface area contributed by atoms with Crippen LogP contribution in [0.25, 0.3) is 10.1 Å². The molecule has 0 bridgehead atoms. The monoisotopic (exact) mass is 608 g/mol. The lowest BCUT2D eigenvalue weighted by atomic mass is 10.2. The largest absolute Gasteiger partial charge is 0.337 e. The highest BCUT2D eigenvalue weighted by atomic mass is 35.5. The number of carbonyl (C=O) groups is 3. The summed E-state index contributed by atoms with van der Waals surface area (Å²) in [6.07, 6.45) is 4.66. The van der Waals surface area contributed by atoms with Crippen LogP contribution < -0.4 is 0 Å². The summed E-state index contributed by atoms with van der Waals surface area (Å²) in [6.45, 7) is 6.95. The number of Topliss-reactive ketones (excluding diaryl/α,β-unsaturated/α-hetero) is 1. The average Bonchev–Trinajstić information content (AvgIpc) is 3.74. The van der Waals surface area contributed by atoms with E-state index in [9.17, 15) is 22.8 Å². The second-order valence-corrected chi connectivity index (χ2v) is 14.7. The lowest BCUT2D eigenvalue weighted by molar-refractivity contribution is -0.144. The molecule has 9 nitrogen and oxygen atoms in total. The number of likely N-dealkylation sites (tertiary alicyclic amines) is 3. The molecule has 12 heteroatoms. The molecule has 3 unspecified atom stereocenters. The van der Waals surface area contributed by atoms with Gasteiger partial charge in [0.1, 0.15) is 22.1 Å². The standard InChI is InChI=1S/C28H37ClN4O5S2/c1-3-23(34)18-33(40(37,38)26-16-20-15-21(29)8-9-25(20)39-26)24-10-14-31(28(24)36)19(2)27(35)32-13-6-7-22(32)17-30-11-4-5-12-30/h8-9,15-16,19,22,24H,3-7,10-14,17-18H2,1-2H3. The van der Waals surface area contributed by atoms with Gasteiger partial charge in [-0.3, -0.25) is 14.4 Å². The summed E-state index contributed by atoms with van der Waals surface area (Å²) in [5.74, 6) is -0.783. The van der Waals surface area contributed by atoms with Crippen molar-refractivity contribution in [2.45, 2.75) is 74.7 Å². The van der Waals surface area contributed by atoms with Gasteiger partial charge in [0, 0.05) is 41.8 Å². The van der Waals surface area contributed by atoms with E-state index in [4.69, 9.17) is 11.6 Å². The van der Waals surface area contributed by atoms with Gasteiger partial charge < -0.3 is 14.7 Å². The van der Waals surface area contributed by atoms with Crippen LogP contribution in [-0.2, 0) is 24.4 Å². The molecule has 40 heavy (non-hydrogen) atoms. The van der Waals surface area contributed by atoms with Crippen molar-refractivity contribution in [2.24, 2.45) is 0 Å². The Morgan fingerprint density at radius 1 is 1.10 bits per heavy atom. The van der Waals surface area contributed by atoms with Gasteiger partial charge in [-0.25, -0.2) is 8.42 Å². The Hall–Kier alpha value is -2.05. The molecule has 5 rings (SSSR count). The van der Waals surface area contributed by atoms with Crippen LogP contribution in [0.4, 0.5) is 0 Å². The topological polar surface area (TPSA) is 98.3 Å². The van der Waals surface area contributed by atoms with E-state index in [1.54, 1.807) is 38.1 Å². The van der Waals surface area contributed by atoms with Crippen molar-refractivity contribution in [3.05, 3.63) is 29.3 Å². The Labute approximate surface area is 245 Å². The van der Waals surface area contributed by atoms with Gasteiger partial charge in [0.25, 0.3) is 10.0 Å².